The number of amides is 1. The lowest BCUT2D eigenvalue weighted by molar-refractivity contribution is -0.121. The van der Waals surface area contributed by atoms with E-state index in [0.717, 1.165) is 16.9 Å². The Labute approximate surface area is 142 Å². The molecule has 1 aromatic heterocycles. The van der Waals surface area contributed by atoms with Crippen LogP contribution in [0.1, 0.15) is 37.5 Å². The van der Waals surface area contributed by atoms with Crippen molar-refractivity contribution in [2.24, 2.45) is 0 Å². The molecule has 1 unspecified atom stereocenters. The van der Waals surface area contributed by atoms with E-state index >= 15 is 0 Å². The Morgan fingerprint density at radius 1 is 1.17 bits per heavy atom. The van der Waals surface area contributed by atoms with Crippen LogP contribution in [-0.2, 0) is 11.2 Å². The number of aliphatic hydroxyl groups is 1. The zero-order valence-corrected chi connectivity index (χ0v) is 14.1. The van der Waals surface area contributed by atoms with E-state index in [1.54, 1.807) is 12.4 Å². The lowest BCUT2D eigenvalue weighted by atomic mass is 10.1. The van der Waals surface area contributed by atoms with Crippen LogP contribution in [0.4, 0.5) is 0 Å². The second-order valence-corrected chi connectivity index (χ2v) is 5.91. The van der Waals surface area contributed by atoms with Gasteiger partial charge >= 0.3 is 0 Å². The number of benzene rings is 1. The summed E-state index contributed by atoms with van der Waals surface area (Å²) >= 11 is 0. The van der Waals surface area contributed by atoms with Crippen molar-refractivity contribution in [3.63, 3.8) is 0 Å². The molecule has 0 aliphatic heterocycles. The van der Waals surface area contributed by atoms with Crippen molar-refractivity contribution in [1.82, 2.24) is 10.3 Å². The molecule has 2 rings (SSSR count). The van der Waals surface area contributed by atoms with E-state index in [-0.39, 0.29) is 18.6 Å². The van der Waals surface area contributed by atoms with E-state index in [0.29, 0.717) is 12.8 Å². The smallest absolute Gasteiger partial charge is 0.220 e. The molecule has 0 aliphatic carbocycles. The molecule has 2 aromatic rings. The van der Waals surface area contributed by atoms with Gasteiger partial charge in [0.05, 0.1) is 12.2 Å². The van der Waals surface area contributed by atoms with Gasteiger partial charge < -0.3 is 15.2 Å². The van der Waals surface area contributed by atoms with E-state index < -0.39 is 6.10 Å². The lowest BCUT2D eigenvalue weighted by Gasteiger charge is -2.14. The van der Waals surface area contributed by atoms with Gasteiger partial charge in [-0.05, 0) is 55.7 Å². The summed E-state index contributed by atoms with van der Waals surface area (Å²) in [5.74, 6) is 0.688. The number of hydrogen-bond acceptors (Lipinski definition) is 4. The Morgan fingerprint density at radius 2 is 1.83 bits per heavy atom. The number of aryl methyl sites for hydroxylation is 1. The number of nitrogens with one attached hydrogen (secondary N) is 1. The molecule has 0 spiro atoms. The van der Waals surface area contributed by atoms with Crippen LogP contribution in [0.25, 0.3) is 0 Å². The number of ether oxygens (including phenoxy) is 1. The molecule has 1 heterocycles. The maximum absolute atomic E-state index is 11.9. The van der Waals surface area contributed by atoms with Gasteiger partial charge in [0, 0.05) is 25.4 Å². The summed E-state index contributed by atoms with van der Waals surface area (Å²) in [4.78, 5) is 15.8. The van der Waals surface area contributed by atoms with Gasteiger partial charge in [-0.1, -0.05) is 12.1 Å². The fraction of sp³-hybridized carbons (Fsp3) is 0.368. The van der Waals surface area contributed by atoms with Crippen molar-refractivity contribution in [2.75, 3.05) is 6.54 Å². The molecule has 128 valence electrons. The highest BCUT2D eigenvalue weighted by atomic mass is 16.5. The minimum atomic E-state index is -0.733. The monoisotopic (exact) mass is 328 g/mol. The van der Waals surface area contributed by atoms with Crippen LogP contribution in [0, 0.1) is 0 Å². The molecular weight excluding hydrogens is 304 g/mol. The molecule has 1 aromatic carbocycles. The zero-order chi connectivity index (χ0) is 17.4. The number of rotatable bonds is 8. The van der Waals surface area contributed by atoms with E-state index in [2.05, 4.69) is 10.3 Å². The topological polar surface area (TPSA) is 71.5 Å². The highest BCUT2D eigenvalue weighted by Gasteiger charge is 2.10. The van der Waals surface area contributed by atoms with Gasteiger partial charge in [0.2, 0.25) is 5.91 Å². The Kier molecular flexibility index (Phi) is 6.75. The van der Waals surface area contributed by atoms with E-state index in [9.17, 15) is 9.90 Å². The average molecular weight is 328 g/mol. The van der Waals surface area contributed by atoms with Crippen LogP contribution in [0.2, 0.25) is 0 Å². The first-order chi connectivity index (χ1) is 11.5. The highest BCUT2D eigenvalue weighted by molar-refractivity contribution is 5.76. The number of pyridine rings is 1. The fourth-order valence-electron chi connectivity index (χ4n) is 2.26. The summed E-state index contributed by atoms with van der Waals surface area (Å²) in [7, 11) is 0. The third-order valence-corrected chi connectivity index (χ3v) is 3.52. The molecule has 0 saturated heterocycles. The van der Waals surface area contributed by atoms with Gasteiger partial charge in [-0.25, -0.2) is 0 Å². The van der Waals surface area contributed by atoms with Crippen molar-refractivity contribution in [1.29, 1.82) is 0 Å². The van der Waals surface area contributed by atoms with Gasteiger partial charge in [-0.2, -0.15) is 0 Å². The molecule has 5 nitrogen and oxygen atoms in total. The van der Waals surface area contributed by atoms with E-state index in [1.165, 1.54) is 0 Å². The van der Waals surface area contributed by atoms with Crippen LogP contribution in [0.5, 0.6) is 5.75 Å². The Hall–Kier alpha value is -2.40. The normalized spacial score (nSPS) is 12.0. The quantitative estimate of drug-likeness (QED) is 0.781. The van der Waals surface area contributed by atoms with Crippen LogP contribution in [0.15, 0.2) is 48.8 Å². The standard InChI is InChI=1S/C19H24N2O3/c1-14(2)24-17-6-4-16(5-7-17)18(22)13-21-19(23)8-3-15-9-11-20-12-10-15/h4-7,9-12,14,18,22H,3,8,13H2,1-2H3,(H,21,23). The molecule has 0 saturated carbocycles. The molecule has 2 N–H and O–H groups in total. The number of nitrogens with zero attached hydrogens (tertiary/aromatic N) is 1. The molecule has 0 radical (unpaired) electrons. The minimum absolute atomic E-state index is 0.0781. The maximum Gasteiger partial charge on any atom is 0.220 e. The first-order valence-electron chi connectivity index (χ1n) is 8.15. The summed E-state index contributed by atoms with van der Waals surface area (Å²) in [5.41, 5.74) is 1.82. The Bertz CT molecular complexity index is 627. The molecule has 1 atom stereocenters. The summed E-state index contributed by atoms with van der Waals surface area (Å²) in [5, 5.41) is 12.9. The number of aliphatic hydroxyl groups excluding tert-OH is 1. The summed E-state index contributed by atoms with van der Waals surface area (Å²) in [6.07, 6.45) is 3.85. The molecule has 0 aliphatic rings. The number of hydrogen-bond donors (Lipinski definition) is 2. The predicted molar refractivity (Wildman–Crippen MR) is 92.7 cm³/mol. The van der Waals surface area contributed by atoms with Gasteiger partial charge in [-0.3, -0.25) is 9.78 Å². The fourth-order valence-corrected chi connectivity index (χ4v) is 2.26. The molecule has 24 heavy (non-hydrogen) atoms. The van der Waals surface area contributed by atoms with Crippen LogP contribution in [0.3, 0.4) is 0 Å². The van der Waals surface area contributed by atoms with Gasteiger partial charge in [0.25, 0.3) is 0 Å². The van der Waals surface area contributed by atoms with Crippen molar-refractivity contribution in [2.45, 2.75) is 38.9 Å². The Morgan fingerprint density at radius 3 is 2.46 bits per heavy atom. The van der Waals surface area contributed by atoms with E-state index in [1.807, 2.05) is 50.2 Å². The van der Waals surface area contributed by atoms with E-state index in [4.69, 9.17) is 4.74 Å². The van der Waals surface area contributed by atoms with Gasteiger partial charge in [0.1, 0.15) is 5.75 Å². The first-order valence-corrected chi connectivity index (χ1v) is 8.15. The van der Waals surface area contributed by atoms with Crippen molar-refractivity contribution >= 4 is 5.91 Å². The van der Waals surface area contributed by atoms with Gasteiger partial charge in [0.15, 0.2) is 0 Å². The van der Waals surface area contributed by atoms with Crippen molar-refractivity contribution < 1.29 is 14.6 Å². The number of carbonyl (C=O) groups is 1. The summed E-state index contributed by atoms with van der Waals surface area (Å²) in [6, 6.07) is 11.1. The SMILES string of the molecule is CC(C)Oc1ccc(C(O)CNC(=O)CCc2ccncc2)cc1. The molecule has 0 bridgehead atoms. The molecule has 1 amide bonds. The van der Waals surface area contributed by atoms with Crippen LogP contribution < -0.4 is 10.1 Å². The third-order valence-electron chi connectivity index (χ3n) is 3.52. The summed E-state index contributed by atoms with van der Waals surface area (Å²) < 4.78 is 5.57. The average Bonchev–Trinajstić information content (AvgIpc) is 2.59. The Balaban J connectivity index is 1.75. The van der Waals surface area contributed by atoms with Crippen LogP contribution >= 0.6 is 0 Å². The summed E-state index contributed by atoms with van der Waals surface area (Å²) in [6.45, 7) is 4.12. The highest BCUT2D eigenvalue weighted by Crippen LogP contribution is 2.18. The molecule has 0 fully saturated rings. The first kappa shape index (κ1) is 17.9. The maximum atomic E-state index is 11.9. The largest absolute Gasteiger partial charge is 0.491 e. The van der Waals surface area contributed by atoms with Crippen molar-refractivity contribution in [3.8, 4) is 5.75 Å². The minimum Gasteiger partial charge on any atom is -0.491 e. The zero-order valence-electron chi connectivity index (χ0n) is 14.1. The number of aromatic nitrogens is 1. The second-order valence-electron chi connectivity index (χ2n) is 5.91. The van der Waals surface area contributed by atoms with Crippen LogP contribution in [-0.4, -0.2) is 28.6 Å². The second kappa shape index (κ2) is 9.03. The third kappa shape index (κ3) is 6.01. The lowest BCUT2D eigenvalue weighted by Crippen LogP contribution is -2.28. The molecule has 5 heteroatoms. The molecular formula is C19H24N2O3. The van der Waals surface area contributed by atoms with Crippen molar-refractivity contribution in [3.05, 3.63) is 59.9 Å². The predicted octanol–water partition coefficient (Wildman–Crippen LogP) is 2.65. The number of carbonyl (C=O) groups excluding carboxylic acids is 1. The van der Waals surface area contributed by atoms with Gasteiger partial charge in [-0.15, -0.1) is 0 Å².